The molecule has 0 fully saturated rings. The Labute approximate surface area is 129 Å². The summed E-state index contributed by atoms with van der Waals surface area (Å²) in [6.45, 7) is 5.42. The second-order valence-corrected chi connectivity index (χ2v) is 5.99. The molecule has 0 aliphatic heterocycles. The third-order valence-electron chi connectivity index (χ3n) is 3.11. The van der Waals surface area contributed by atoms with Crippen LogP contribution in [-0.4, -0.2) is 6.54 Å². The predicted octanol–water partition coefficient (Wildman–Crippen LogP) is 4.15. The maximum atomic E-state index is 5.96. The SMILES string of the molecule is Cc1cc(C)cc(COc2ccc(Br)cc2CCN)c1. The zero-order valence-electron chi connectivity index (χ0n) is 11.9. The van der Waals surface area contributed by atoms with E-state index < -0.39 is 0 Å². The van der Waals surface area contributed by atoms with Crippen LogP contribution in [0.1, 0.15) is 22.3 Å². The second-order valence-electron chi connectivity index (χ2n) is 5.08. The molecule has 0 aliphatic carbocycles. The van der Waals surface area contributed by atoms with Gasteiger partial charge in [0, 0.05) is 4.47 Å². The fourth-order valence-electron chi connectivity index (χ4n) is 2.35. The van der Waals surface area contributed by atoms with Crippen molar-refractivity contribution >= 4 is 15.9 Å². The van der Waals surface area contributed by atoms with Gasteiger partial charge in [0.1, 0.15) is 12.4 Å². The van der Waals surface area contributed by atoms with Crippen molar-refractivity contribution < 1.29 is 4.74 Å². The number of halogens is 1. The Hall–Kier alpha value is -1.32. The van der Waals surface area contributed by atoms with Crippen molar-refractivity contribution in [3.05, 3.63) is 63.1 Å². The van der Waals surface area contributed by atoms with Gasteiger partial charge in [0.25, 0.3) is 0 Å². The lowest BCUT2D eigenvalue weighted by molar-refractivity contribution is 0.303. The fourth-order valence-corrected chi connectivity index (χ4v) is 2.76. The van der Waals surface area contributed by atoms with Crippen LogP contribution in [0.25, 0.3) is 0 Å². The molecular formula is C17H20BrNO. The Kier molecular flexibility index (Phi) is 5.21. The van der Waals surface area contributed by atoms with Gasteiger partial charge in [0.15, 0.2) is 0 Å². The van der Waals surface area contributed by atoms with Gasteiger partial charge in [-0.2, -0.15) is 0 Å². The first-order valence-electron chi connectivity index (χ1n) is 6.77. The predicted molar refractivity (Wildman–Crippen MR) is 87.1 cm³/mol. The summed E-state index contributed by atoms with van der Waals surface area (Å²) in [7, 11) is 0. The molecule has 0 heterocycles. The van der Waals surface area contributed by atoms with Crippen molar-refractivity contribution in [3.63, 3.8) is 0 Å². The molecule has 2 nitrogen and oxygen atoms in total. The van der Waals surface area contributed by atoms with Crippen LogP contribution in [0.3, 0.4) is 0 Å². The molecule has 0 amide bonds. The summed E-state index contributed by atoms with van der Waals surface area (Å²) in [6, 6.07) is 12.6. The van der Waals surface area contributed by atoms with Crippen molar-refractivity contribution in [3.8, 4) is 5.75 Å². The van der Waals surface area contributed by atoms with E-state index in [9.17, 15) is 0 Å². The lowest BCUT2D eigenvalue weighted by Crippen LogP contribution is -2.05. The third kappa shape index (κ3) is 4.09. The van der Waals surface area contributed by atoms with E-state index in [4.69, 9.17) is 10.5 Å². The molecular weight excluding hydrogens is 314 g/mol. The molecule has 0 aliphatic rings. The van der Waals surface area contributed by atoms with Crippen LogP contribution in [0.5, 0.6) is 5.75 Å². The van der Waals surface area contributed by atoms with Crippen LogP contribution in [-0.2, 0) is 13.0 Å². The summed E-state index contributed by atoms with van der Waals surface area (Å²) in [4.78, 5) is 0. The maximum absolute atomic E-state index is 5.96. The average molecular weight is 334 g/mol. The van der Waals surface area contributed by atoms with Gasteiger partial charge < -0.3 is 10.5 Å². The molecule has 0 spiro atoms. The van der Waals surface area contributed by atoms with Gasteiger partial charge in [-0.05, 0) is 56.1 Å². The smallest absolute Gasteiger partial charge is 0.123 e. The fraction of sp³-hybridized carbons (Fsp3) is 0.294. The first-order valence-corrected chi connectivity index (χ1v) is 7.56. The van der Waals surface area contributed by atoms with Crippen LogP contribution in [0.4, 0.5) is 0 Å². The largest absolute Gasteiger partial charge is 0.489 e. The number of ether oxygens (including phenoxy) is 1. The summed E-state index contributed by atoms with van der Waals surface area (Å²) in [6.07, 6.45) is 0.821. The van der Waals surface area contributed by atoms with Crippen LogP contribution >= 0.6 is 15.9 Å². The van der Waals surface area contributed by atoms with E-state index in [2.05, 4.69) is 54.0 Å². The molecule has 0 atom stereocenters. The van der Waals surface area contributed by atoms with Gasteiger partial charge in [-0.3, -0.25) is 0 Å². The van der Waals surface area contributed by atoms with E-state index in [-0.39, 0.29) is 0 Å². The first kappa shape index (κ1) is 15.1. The molecule has 20 heavy (non-hydrogen) atoms. The summed E-state index contributed by atoms with van der Waals surface area (Å²) in [5.74, 6) is 0.915. The number of rotatable bonds is 5. The van der Waals surface area contributed by atoms with Crippen molar-refractivity contribution in [2.75, 3.05) is 6.54 Å². The number of hydrogen-bond acceptors (Lipinski definition) is 2. The van der Waals surface area contributed by atoms with E-state index in [0.29, 0.717) is 13.2 Å². The minimum absolute atomic E-state index is 0.585. The molecule has 2 aromatic carbocycles. The van der Waals surface area contributed by atoms with Crippen LogP contribution in [0.15, 0.2) is 40.9 Å². The zero-order valence-corrected chi connectivity index (χ0v) is 13.5. The molecule has 0 bridgehead atoms. The highest BCUT2D eigenvalue weighted by atomic mass is 79.9. The Balaban J connectivity index is 2.13. The maximum Gasteiger partial charge on any atom is 0.123 e. The van der Waals surface area contributed by atoms with Crippen LogP contribution < -0.4 is 10.5 Å². The molecule has 0 unspecified atom stereocenters. The van der Waals surface area contributed by atoms with E-state index in [1.807, 2.05) is 12.1 Å². The van der Waals surface area contributed by atoms with E-state index >= 15 is 0 Å². The minimum Gasteiger partial charge on any atom is -0.489 e. The number of hydrogen-bond donors (Lipinski definition) is 1. The highest BCUT2D eigenvalue weighted by Crippen LogP contribution is 2.24. The number of nitrogens with two attached hydrogens (primary N) is 1. The van der Waals surface area contributed by atoms with Crippen molar-refractivity contribution in [1.29, 1.82) is 0 Å². The van der Waals surface area contributed by atoms with Gasteiger partial charge in [-0.25, -0.2) is 0 Å². The molecule has 0 saturated carbocycles. The Morgan fingerprint density at radius 1 is 1.05 bits per heavy atom. The summed E-state index contributed by atoms with van der Waals surface area (Å²) < 4.78 is 7.02. The normalized spacial score (nSPS) is 10.6. The van der Waals surface area contributed by atoms with Crippen molar-refractivity contribution in [1.82, 2.24) is 0 Å². The van der Waals surface area contributed by atoms with Gasteiger partial charge in [0.05, 0.1) is 0 Å². The molecule has 2 N–H and O–H groups in total. The summed E-state index contributed by atoms with van der Waals surface area (Å²) >= 11 is 3.49. The van der Waals surface area contributed by atoms with E-state index in [1.54, 1.807) is 0 Å². The zero-order chi connectivity index (χ0) is 14.5. The lowest BCUT2D eigenvalue weighted by atomic mass is 10.1. The summed E-state index contributed by atoms with van der Waals surface area (Å²) in [5, 5.41) is 0. The molecule has 2 aromatic rings. The second kappa shape index (κ2) is 6.91. The quantitative estimate of drug-likeness (QED) is 0.892. The highest BCUT2D eigenvalue weighted by molar-refractivity contribution is 9.10. The molecule has 2 rings (SSSR count). The summed E-state index contributed by atoms with van der Waals surface area (Å²) in [5.41, 5.74) is 10.5. The van der Waals surface area contributed by atoms with E-state index in [0.717, 1.165) is 22.2 Å². The van der Waals surface area contributed by atoms with Crippen LogP contribution in [0, 0.1) is 13.8 Å². The Bertz CT molecular complexity index is 575. The van der Waals surface area contributed by atoms with Crippen LogP contribution in [0.2, 0.25) is 0 Å². The molecule has 0 saturated heterocycles. The number of aryl methyl sites for hydroxylation is 2. The third-order valence-corrected chi connectivity index (χ3v) is 3.61. The molecule has 0 aromatic heterocycles. The lowest BCUT2D eigenvalue weighted by Gasteiger charge is -2.12. The molecule has 3 heteroatoms. The topological polar surface area (TPSA) is 35.2 Å². The minimum atomic E-state index is 0.585. The van der Waals surface area contributed by atoms with Crippen molar-refractivity contribution in [2.24, 2.45) is 5.73 Å². The van der Waals surface area contributed by atoms with Gasteiger partial charge >= 0.3 is 0 Å². The first-order chi connectivity index (χ1) is 9.58. The average Bonchev–Trinajstić information content (AvgIpc) is 2.37. The standard InChI is InChI=1S/C17H20BrNO/c1-12-7-13(2)9-14(8-12)11-20-17-4-3-16(18)10-15(17)5-6-19/h3-4,7-10H,5-6,11,19H2,1-2H3. The number of benzene rings is 2. The molecule has 0 radical (unpaired) electrons. The highest BCUT2D eigenvalue weighted by Gasteiger charge is 2.05. The van der Waals surface area contributed by atoms with Crippen molar-refractivity contribution in [2.45, 2.75) is 26.9 Å². The van der Waals surface area contributed by atoms with E-state index in [1.165, 1.54) is 16.7 Å². The van der Waals surface area contributed by atoms with Gasteiger partial charge in [-0.15, -0.1) is 0 Å². The van der Waals surface area contributed by atoms with Gasteiger partial charge in [-0.1, -0.05) is 45.3 Å². The monoisotopic (exact) mass is 333 g/mol. The molecule has 106 valence electrons. The Morgan fingerprint density at radius 2 is 1.75 bits per heavy atom. The van der Waals surface area contributed by atoms with Gasteiger partial charge in [0.2, 0.25) is 0 Å². The Morgan fingerprint density at radius 3 is 2.40 bits per heavy atom.